The highest BCUT2D eigenvalue weighted by atomic mass is 35.5. The summed E-state index contributed by atoms with van der Waals surface area (Å²) in [6.45, 7) is 1.54. The molecule has 6 heteroatoms. The first kappa shape index (κ1) is 12.9. The Hall–Kier alpha value is -2.14. The quantitative estimate of drug-likeness (QED) is 0.680. The van der Waals surface area contributed by atoms with Crippen molar-refractivity contribution < 1.29 is 13.2 Å². The van der Waals surface area contributed by atoms with Gasteiger partial charge >= 0.3 is 0 Å². The van der Waals surface area contributed by atoms with Gasteiger partial charge in [-0.25, -0.2) is 13.8 Å². The fourth-order valence-electron chi connectivity index (χ4n) is 1.92. The number of benzene rings is 2. The van der Waals surface area contributed by atoms with E-state index in [1.165, 1.54) is 31.2 Å². The largest absolute Gasteiger partial charge is 0.436 e. The van der Waals surface area contributed by atoms with Crippen molar-refractivity contribution >= 4 is 28.4 Å². The normalized spacial score (nSPS) is 11.2. The molecule has 102 valence electrons. The molecule has 2 N–H and O–H groups in total. The monoisotopic (exact) mass is 294 g/mol. The summed E-state index contributed by atoms with van der Waals surface area (Å²) in [5, 5.41) is 0.308. The number of halogens is 3. The standard InChI is InChI=1S/C14H9ClF2N2O/c1-6-2-3-8(16)12(13(6)17)14-19-10-4-7(15)9(18)5-11(10)20-14/h2-5H,18H2,1H3. The number of hydrogen-bond donors (Lipinski definition) is 1. The van der Waals surface area contributed by atoms with Crippen molar-refractivity contribution in [1.82, 2.24) is 4.98 Å². The molecular formula is C14H9ClF2N2O. The number of anilines is 1. The molecule has 1 heterocycles. The molecular weight excluding hydrogens is 286 g/mol. The number of fused-ring (bicyclic) bond motifs is 1. The van der Waals surface area contributed by atoms with Gasteiger partial charge in [0.05, 0.1) is 10.7 Å². The molecule has 2 aromatic carbocycles. The van der Waals surface area contributed by atoms with E-state index < -0.39 is 11.6 Å². The van der Waals surface area contributed by atoms with Crippen LogP contribution in [0, 0.1) is 18.6 Å². The predicted molar refractivity (Wildman–Crippen MR) is 73.5 cm³/mol. The second-order valence-electron chi connectivity index (χ2n) is 4.41. The van der Waals surface area contributed by atoms with E-state index in [4.69, 9.17) is 21.8 Å². The predicted octanol–water partition coefficient (Wildman–Crippen LogP) is 4.32. The lowest BCUT2D eigenvalue weighted by Crippen LogP contribution is -1.93. The summed E-state index contributed by atoms with van der Waals surface area (Å²) in [5.74, 6) is -1.57. The van der Waals surface area contributed by atoms with Crippen molar-refractivity contribution in [2.75, 3.05) is 5.73 Å². The third-order valence-electron chi connectivity index (χ3n) is 3.00. The van der Waals surface area contributed by atoms with Crippen LogP contribution in [0.2, 0.25) is 5.02 Å². The van der Waals surface area contributed by atoms with Gasteiger partial charge in [-0.2, -0.15) is 0 Å². The molecule has 3 rings (SSSR count). The van der Waals surface area contributed by atoms with Gasteiger partial charge in [0.1, 0.15) is 22.7 Å². The first-order valence-electron chi connectivity index (χ1n) is 5.78. The number of nitrogens with two attached hydrogens (primary N) is 1. The molecule has 0 fully saturated rings. The zero-order valence-electron chi connectivity index (χ0n) is 10.4. The maximum Gasteiger partial charge on any atom is 0.233 e. The van der Waals surface area contributed by atoms with Crippen LogP contribution >= 0.6 is 11.6 Å². The number of rotatable bonds is 1. The average Bonchev–Trinajstić information content (AvgIpc) is 2.77. The average molecular weight is 295 g/mol. The number of nitrogens with zero attached hydrogens (tertiary/aromatic N) is 1. The zero-order valence-corrected chi connectivity index (χ0v) is 11.1. The molecule has 0 saturated heterocycles. The minimum atomic E-state index is -0.737. The topological polar surface area (TPSA) is 52.0 Å². The van der Waals surface area contributed by atoms with Crippen molar-refractivity contribution in [2.24, 2.45) is 0 Å². The SMILES string of the molecule is Cc1ccc(F)c(-c2nc3cc(Cl)c(N)cc3o2)c1F. The molecule has 0 saturated carbocycles. The first-order valence-corrected chi connectivity index (χ1v) is 6.15. The van der Waals surface area contributed by atoms with E-state index in [1.807, 2.05) is 0 Å². The summed E-state index contributed by atoms with van der Waals surface area (Å²) in [5.41, 5.74) is 6.68. The maximum absolute atomic E-state index is 14.0. The van der Waals surface area contributed by atoms with Crippen molar-refractivity contribution in [3.8, 4) is 11.5 Å². The van der Waals surface area contributed by atoms with E-state index in [2.05, 4.69) is 4.98 Å². The molecule has 1 aromatic heterocycles. The molecule has 3 nitrogen and oxygen atoms in total. The summed E-state index contributed by atoms with van der Waals surface area (Å²) < 4.78 is 33.2. The third kappa shape index (κ3) is 1.91. The Morgan fingerprint density at radius 2 is 2.00 bits per heavy atom. The zero-order chi connectivity index (χ0) is 14.4. The van der Waals surface area contributed by atoms with Crippen LogP contribution in [-0.2, 0) is 0 Å². The lowest BCUT2D eigenvalue weighted by Gasteiger charge is -2.02. The number of nitrogen functional groups attached to an aromatic ring is 1. The van der Waals surface area contributed by atoms with Gasteiger partial charge in [-0.3, -0.25) is 0 Å². The Morgan fingerprint density at radius 1 is 1.25 bits per heavy atom. The maximum atomic E-state index is 14.0. The van der Waals surface area contributed by atoms with Gasteiger partial charge in [-0.15, -0.1) is 0 Å². The molecule has 0 atom stereocenters. The molecule has 0 aliphatic rings. The van der Waals surface area contributed by atoms with Crippen LogP contribution in [0.5, 0.6) is 0 Å². The van der Waals surface area contributed by atoms with Crippen molar-refractivity contribution in [2.45, 2.75) is 6.92 Å². The summed E-state index contributed by atoms with van der Waals surface area (Å²) >= 11 is 5.88. The molecule has 0 aliphatic heterocycles. The Balaban J connectivity index is 2.28. The van der Waals surface area contributed by atoms with E-state index in [9.17, 15) is 8.78 Å². The Morgan fingerprint density at radius 3 is 2.75 bits per heavy atom. The van der Waals surface area contributed by atoms with Gasteiger partial charge in [0.15, 0.2) is 5.58 Å². The molecule has 0 bridgehead atoms. The lowest BCUT2D eigenvalue weighted by atomic mass is 10.1. The van der Waals surface area contributed by atoms with Gasteiger partial charge in [0, 0.05) is 6.07 Å². The third-order valence-corrected chi connectivity index (χ3v) is 3.33. The number of oxazole rings is 1. The van der Waals surface area contributed by atoms with E-state index >= 15 is 0 Å². The van der Waals surface area contributed by atoms with E-state index in [-0.39, 0.29) is 11.5 Å². The van der Waals surface area contributed by atoms with E-state index in [0.717, 1.165) is 0 Å². The van der Waals surface area contributed by atoms with Crippen LogP contribution in [0.4, 0.5) is 14.5 Å². The van der Waals surface area contributed by atoms with Crippen LogP contribution in [-0.4, -0.2) is 4.98 Å². The molecule has 0 radical (unpaired) electrons. The van der Waals surface area contributed by atoms with Gasteiger partial charge in [0.2, 0.25) is 5.89 Å². The highest BCUT2D eigenvalue weighted by Gasteiger charge is 2.19. The summed E-state index contributed by atoms with van der Waals surface area (Å²) in [4.78, 5) is 4.06. The molecule has 3 aromatic rings. The first-order chi connectivity index (χ1) is 9.47. The van der Waals surface area contributed by atoms with E-state index in [0.29, 0.717) is 27.4 Å². The van der Waals surface area contributed by atoms with Crippen LogP contribution < -0.4 is 5.73 Å². The van der Waals surface area contributed by atoms with Crippen LogP contribution in [0.1, 0.15) is 5.56 Å². The summed E-state index contributed by atoms with van der Waals surface area (Å²) in [6.07, 6.45) is 0. The second kappa shape index (κ2) is 4.45. The molecule has 0 aliphatic carbocycles. The minimum Gasteiger partial charge on any atom is -0.436 e. The fourth-order valence-corrected chi connectivity index (χ4v) is 2.08. The van der Waals surface area contributed by atoms with Crippen LogP contribution in [0.3, 0.4) is 0 Å². The van der Waals surface area contributed by atoms with Crippen molar-refractivity contribution in [1.29, 1.82) is 0 Å². The second-order valence-corrected chi connectivity index (χ2v) is 4.82. The smallest absolute Gasteiger partial charge is 0.233 e. The van der Waals surface area contributed by atoms with Crippen LogP contribution in [0.25, 0.3) is 22.6 Å². The fraction of sp³-hybridized carbons (Fsp3) is 0.0714. The summed E-state index contributed by atoms with van der Waals surface area (Å²) in [7, 11) is 0. The Kier molecular flexibility index (Phi) is 2.87. The number of hydrogen-bond acceptors (Lipinski definition) is 3. The highest BCUT2D eigenvalue weighted by molar-refractivity contribution is 6.33. The lowest BCUT2D eigenvalue weighted by molar-refractivity contribution is 0.557. The van der Waals surface area contributed by atoms with Gasteiger partial charge in [0.25, 0.3) is 0 Å². The molecule has 0 unspecified atom stereocenters. The minimum absolute atomic E-state index is 0.139. The Labute approximate surface area is 118 Å². The number of aromatic nitrogens is 1. The highest BCUT2D eigenvalue weighted by Crippen LogP contribution is 2.32. The molecule has 0 amide bonds. The van der Waals surface area contributed by atoms with E-state index in [1.54, 1.807) is 0 Å². The molecule has 0 spiro atoms. The molecule has 20 heavy (non-hydrogen) atoms. The number of aryl methyl sites for hydroxylation is 1. The Bertz CT molecular complexity index is 791. The summed E-state index contributed by atoms with van der Waals surface area (Å²) in [6, 6.07) is 5.49. The van der Waals surface area contributed by atoms with Crippen LogP contribution in [0.15, 0.2) is 28.7 Å². The van der Waals surface area contributed by atoms with Crippen molar-refractivity contribution in [3.05, 3.63) is 46.5 Å². The van der Waals surface area contributed by atoms with Crippen molar-refractivity contribution in [3.63, 3.8) is 0 Å². The van der Waals surface area contributed by atoms with Gasteiger partial charge in [-0.05, 0) is 24.6 Å². The van der Waals surface area contributed by atoms with Gasteiger partial charge < -0.3 is 10.2 Å². The van der Waals surface area contributed by atoms with Gasteiger partial charge in [-0.1, -0.05) is 17.7 Å².